The van der Waals surface area contributed by atoms with Crippen LogP contribution in [0.1, 0.15) is 11.1 Å². The molecule has 0 atom stereocenters. The molecule has 0 heterocycles. The predicted octanol–water partition coefficient (Wildman–Crippen LogP) is 2.56. The summed E-state index contributed by atoms with van der Waals surface area (Å²) in [6.07, 6.45) is 0. The SMILES string of the molecule is Cc1ccc(S(=O)(=O)O)cc1.OCc1cccc(F)c1. The number of hydrogen-bond acceptors (Lipinski definition) is 3. The van der Waals surface area contributed by atoms with E-state index in [2.05, 4.69) is 0 Å². The molecule has 0 aliphatic carbocycles. The summed E-state index contributed by atoms with van der Waals surface area (Å²) in [6.45, 7) is 1.74. The molecule has 2 aromatic rings. The van der Waals surface area contributed by atoms with Gasteiger partial charge >= 0.3 is 0 Å². The first-order chi connectivity index (χ1) is 9.32. The molecule has 0 saturated carbocycles. The van der Waals surface area contributed by atoms with Crippen molar-refractivity contribution >= 4 is 10.1 Å². The van der Waals surface area contributed by atoms with Gasteiger partial charge in [0.1, 0.15) is 5.82 Å². The molecule has 0 radical (unpaired) electrons. The Morgan fingerprint density at radius 3 is 2.10 bits per heavy atom. The second-order valence-electron chi connectivity index (χ2n) is 4.08. The smallest absolute Gasteiger partial charge is 0.294 e. The fourth-order valence-corrected chi connectivity index (χ4v) is 1.83. The van der Waals surface area contributed by atoms with Crippen molar-refractivity contribution in [2.75, 3.05) is 0 Å². The Balaban J connectivity index is 0.000000204. The normalized spacial score (nSPS) is 10.6. The summed E-state index contributed by atoms with van der Waals surface area (Å²) < 4.78 is 41.8. The van der Waals surface area contributed by atoms with E-state index in [4.69, 9.17) is 9.66 Å². The number of hydrogen-bond donors (Lipinski definition) is 2. The predicted molar refractivity (Wildman–Crippen MR) is 73.3 cm³/mol. The molecule has 0 saturated heterocycles. The molecular formula is C14H15FO4S. The third-order valence-electron chi connectivity index (χ3n) is 2.39. The van der Waals surface area contributed by atoms with E-state index in [9.17, 15) is 12.8 Å². The molecular weight excluding hydrogens is 283 g/mol. The minimum Gasteiger partial charge on any atom is -0.392 e. The van der Waals surface area contributed by atoms with Gasteiger partial charge in [0.2, 0.25) is 0 Å². The van der Waals surface area contributed by atoms with E-state index in [0.717, 1.165) is 5.56 Å². The Morgan fingerprint density at radius 1 is 1.10 bits per heavy atom. The minimum absolute atomic E-state index is 0.0666. The van der Waals surface area contributed by atoms with Crippen LogP contribution < -0.4 is 0 Å². The van der Waals surface area contributed by atoms with E-state index in [1.807, 2.05) is 6.92 Å². The maximum Gasteiger partial charge on any atom is 0.294 e. The van der Waals surface area contributed by atoms with Crippen molar-refractivity contribution in [3.8, 4) is 0 Å². The molecule has 0 unspecified atom stereocenters. The summed E-state index contributed by atoms with van der Waals surface area (Å²) in [5.41, 5.74) is 1.56. The molecule has 0 spiro atoms. The van der Waals surface area contributed by atoms with Gasteiger partial charge in [0.05, 0.1) is 11.5 Å². The molecule has 0 aliphatic rings. The van der Waals surface area contributed by atoms with Crippen LogP contribution in [0, 0.1) is 12.7 Å². The highest BCUT2D eigenvalue weighted by atomic mass is 32.2. The fourth-order valence-electron chi connectivity index (χ4n) is 1.35. The molecule has 108 valence electrons. The van der Waals surface area contributed by atoms with Crippen molar-refractivity contribution in [3.05, 3.63) is 65.5 Å². The Kier molecular flexibility index (Phi) is 5.82. The monoisotopic (exact) mass is 298 g/mol. The van der Waals surface area contributed by atoms with Crippen LogP contribution in [0.4, 0.5) is 4.39 Å². The minimum atomic E-state index is -4.02. The molecule has 2 N–H and O–H groups in total. The first-order valence-corrected chi connectivity index (χ1v) is 7.16. The highest BCUT2D eigenvalue weighted by Crippen LogP contribution is 2.08. The van der Waals surface area contributed by atoms with Crippen molar-refractivity contribution in [1.82, 2.24) is 0 Å². The molecule has 2 rings (SSSR count). The van der Waals surface area contributed by atoms with E-state index >= 15 is 0 Å². The zero-order chi connectivity index (χ0) is 15.2. The van der Waals surface area contributed by atoms with Gasteiger partial charge < -0.3 is 5.11 Å². The van der Waals surface area contributed by atoms with Gasteiger partial charge in [0.25, 0.3) is 10.1 Å². The highest BCUT2D eigenvalue weighted by Gasteiger charge is 2.06. The summed E-state index contributed by atoms with van der Waals surface area (Å²) >= 11 is 0. The van der Waals surface area contributed by atoms with Gasteiger partial charge in [0, 0.05) is 0 Å². The molecule has 2 aromatic carbocycles. The molecule has 20 heavy (non-hydrogen) atoms. The quantitative estimate of drug-likeness (QED) is 0.836. The van der Waals surface area contributed by atoms with Gasteiger partial charge in [-0.15, -0.1) is 0 Å². The number of benzene rings is 2. The van der Waals surface area contributed by atoms with Crippen molar-refractivity contribution in [1.29, 1.82) is 0 Å². The van der Waals surface area contributed by atoms with Crippen LogP contribution in [0.5, 0.6) is 0 Å². The van der Waals surface area contributed by atoms with Crippen LogP contribution in [0.2, 0.25) is 0 Å². The van der Waals surface area contributed by atoms with E-state index in [-0.39, 0.29) is 17.3 Å². The van der Waals surface area contributed by atoms with Crippen LogP contribution in [-0.4, -0.2) is 18.1 Å². The zero-order valence-electron chi connectivity index (χ0n) is 10.8. The topological polar surface area (TPSA) is 74.6 Å². The van der Waals surface area contributed by atoms with Crippen LogP contribution in [0.3, 0.4) is 0 Å². The number of rotatable bonds is 2. The number of aliphatic hydroxyl groups excluding tert-OH is 1. The van der Waals surface area contributed by atoms with Gasteiger partial charge in [-0.2, -0.15) is 8.42 Å². The van der Waals surface area contributed by atoms with Gasteiger partial charge in [-0.25, -0.2) is 4.39 Å². The maximum absolute atomic E-state index is 12.2. The van der Waals surface area contributed by atoms with Gasteiger partial charge in [-0.1, -0.05) is 29.8 Å². The number of halogens is 1. The van der Waals surface area contributed by atoms with Gasteiger partial charge in [-0.05, 0) is 36.8 Å². The van der Waals surface area contributed by atoms with E-state index in [1.54, 1.807) is 24.3 Å². The number of aliphatic hydroxyl groups is 1. The third-order valence-corrected chi connectivity index (χ3v) is 3.26. The average Bonchev–Trinajstić information content (AvgIpc) is 2.39. The molecule has 0 bridgehead atoms. The van der Waals surface area contributed by atoms with Crippen molar-refractivity contribution in [3.63, 3.8) is 0 Å². The lowest BCUT2D eigenvalue weighted by atomic mass is 10.2. The summed E-state index contributed by atoms with van der Waals surface area (Å²) in [5, 5.41) is 8.50. The summed E-state index contributed by atoms with van der Waals surface area (Å²) in [5.74, 6) is -0.304. The van der Waals surface area contributed by atoms with Crippen molar-refractivity contribution in [2.24, 2.45) is 0 Å². The molecule has 0 aromatic heterocycles. The largest absolute Gasteiger partial charge is 0.392 e. The molecule has 6 heteroatoms. The first kappa shape index (κ1) is 16.3. The molecule has 0 amide bonds. The lowest BCUT2D eigenvalue weighted by Gasteiger charge is -1.95. The zero-order valence-corrected chi connectivity index (χ0v) is 11.6. The Bertz CT molecular complexity index is 651. The van der Waals surface area contributed by atoms with Crippen molar-refractivity contribution < 1.29 is 22.5 Å². The van der Waals surface area contributed by atoms with Crippen LogP contribution >= 0.6 is 0 Å². The van der Waals surface area contributed by atoms with Crippen LogP contribution in [0.15, 0.2) is 53.4 Å². The fraction of sp³-hybridized carbons (Fsp3) is 0.143. The summed E-state index contributed by atoms with van der Waals surface area (Å²) in [6, 6.07) is 11.9. The van der Waals surface area contributed by atoms with Crippen LogP contribution in [0.25, 0.3) is 0 Å². The first-order valence-electron chi connectivity index (χ1n) is 5.72. The second kappa shape index (κ2) is 7.14. The lowest BCUT2D eigenvalue weighted by molar-refractivity contribution is 0.281. The second-order valence-corrected chi connectivity index (χ2v) is 5.50. The molecule has 0 aliphatic heterocycles. The standard InChI is InChI=1S/C7H7FO.C7H8O3S/c8-7-3-1-2-6(4-7)5-9;1-6-2-4-7(5-3-6)11(8,9)10/h1-4,9H,5H2;2-5H,1H3,(H,8,9,10). The van der Waals surface area contributed by atoms with Gasteiger partial charge in [0.15, 0.2) is 0 Å². The Hall–Kier alpha value is -1.76. The summed E-state index contributed by atoms with van der Waals surface area (Å²) in [4.78, 5) is -0.0666. The third kappa shape index (κ3) is 5.48. The molecule has 4 nitrogen and oxygen atoms in total. The Labute approximate surface area is 117 Å². The maximum atomic E-state index is 12.2. The Morgan fingerprint density at radius 2 is 1.70 bits per heavy atom. The van der Waals surface area contributed by atoms with E-state index in [0.29, 0.717) is 5.56 Å². The summed E-state index contributed by atoms with van der Waals surface area (Å²) in [7, 11) is -4.02. The molecule has 0 fully saturated rings. The van der Waals surface area contributed by atoms with E-state index < -0.39 is 10.1 Å². The van der Waals surface area contributed by atoms with Crippen LogP contribution in [-0.2, 0) is 16.7 Å². The van der Waals surface area contributed by atoms with E-state index in [1.165, 1.54) is 24.3 Å². The highest BCUT2D eigenvalue weighted by molar-refractivity contribution is 7.85. The average molecular weight is 298 g/mol. The van der Waals surface area contributed by atoms with Gasteiger partial charge in [-0.3, -0.25) is 4.55 Å². The number of aryl methyl sites for hydroxylation is 1. The lowest BCUT2D eigenvalue weighted by Crippen LogP contribution is -1.96. The van der Waals surface area contributed by atoms with Crippen molar-refractivity contribution in [2.45, 2.75) is 18.4 Å².